The van der Waals surface area contributed by atoms with Crippen molar-refractivity contribution in [1.82, 2.24) is 5.32 Å². The zero-order chi connectivity index (χ0) is 14.3. The number of anilines is 1. The molecule has 1 unspecified atom stereocenters. The molecule has 5 heteroatoms. The second-order valence-electron chi connectivity index (χ2n) is 4.29. The van der Waals surface area contributed by atoms with Gasteiger partial charge in [-0.25, -0.2) is 4.79 Å². The molecule has 3 N–H and O–H groups in total. The van der Waals surface area contributed by atoms with Crippen LogP contribution in [0.2, 0.25) is 0 Å². The first-order valence-electron chi connectivity index (χ1n) is 6.00. The van der Waals surface area contributed by atoms with Crippen LogP contribution in [0, 0.1) is 0 Å². The summed E-state index contributed by atoms with van der Waals surface area (Å²) in [4.78, 5) is 22.1. The average molecular weight is 262 g/mol. The molecule has 102 valence electrons. The normalized spacial score (nSPS) is 11.4. The fourth-order valence-electron chi connectivity index (χ4n) is 1.58. The third-order valence-electron chi connectivity index (χ3n) is 2.46. The minimum Gasteiger partial charge on any atom is -0.481 e. The Hall–Kier alpha value is -2.30. The smallest absolute Gasteiger partial charge is 0.319 e. The Bertz CT molecular complexity index is 454. The molecule has 0 aliphatic rings. The Balaban J connectivity index is 2.50. The molecule has 2 amide bonds. The molecule has 1 aromatic carbocycles. The van der Waals surface area contributed by atoms with Crippen molar-refractivity contribution in [2.24, 2.45) is 0 Å². The minimum absolute atomic E-state index is 0.0174. The standard InChI is InChI=1S/C14H18N2O3/c1-3-4-10(2)15-14(19)16-12-7-5-11(6-8-12)9-13(17)18/h3,5-8,10H,1,4,9H2,2H3,(H,17,18)(H2,15,16,19). The zero-order valence-corrected chi connectivity index (χ0v) is 10.8. The average Bonchev–Trinajstić information content (AvgIpc) is 2.31. The molecule has 5 nitrogen and oxygen atoms in total. The summed E-state index contributed by atoms with van der Waals surface area (Å²) in [5.74, 6) is -0.878. The maximum atomic E-state index is 11.6. The van der Waals surface area contributed by atoms with Gasteiger partial charge < -0.3 is 15.7 Å². The van der Waals surface area contributed by atoms with Crippen LogP contribution in [0.3, 0.4) is 0 Å². The molecule has 0 radical (unpaired) electrons. The Kier molecular flexibility index (Phi) is 5.60. The fourth-order valence-corrected chi connectivity index (χ4v) is 1.58. The van der Waals surface area contributed by atoms with Gasteiger partial charge in [0.05, 0.1) is 6.42 Å². The molecule has 0 saturated heterocycles. The fraction of sp³-hybridized carbons (Fsp3) is 0.286. The largest absolute Gasteiger partial charge is 0.481 e. The van der Waals surface area contributed by atoms with Crippen LogP contribution in [0.1, 0.15) is 18.9 Å². The predicted molar refractivity (Wildman–Crippen MR) is 74.2 cm³/mol. The van der Waals surface area contributed by atoms with Gasteiger partial charge in [0, 0.05) is 11.7 Å². The van der Waals surface area contributed by atoms with Crippen molar-refractivity contribution < 1.29 is 14.7 Å². The van der Waals surface area contributed by atoms with Gasteiger partial charge in [-0.1, -0.05) is 18.2 Å². The molecule has 1 atom stereocenters. The van der Waals surface area contributed by atoms with Gasteiger partial charge >= 0.3 is 12.0 Å². The minimum atomic E-state index is -0.878. The third-order valence-corrected chi connectivity index (χ3v) is 2.46. The van der Waals surface area contributed by atoms with E-state index in [0.29, 0.717) is 17.7 Å². The SMILES string of the molecule is C=CCC(C)NC(=O)Nc1ccc(CC(=O)O)cc1. The van der Waals surface area contributed by atoms with E-state index in [1.807, 2.05) is 6.92 Å². The van der Waals surface area contributed by atoms with Crippen LogP contribution in [0.4, 0.5) is 10.5 Å². The summed E-state index contributed by atoms with van der Waals surface area (Å²) in [6.07, 6.45) is 2.42. The highest BCUT2D eigenvalue weighted by atomic mass is 16.4. The maximum absolute atomic E-state index is 11.6. The first-order chi connectivity index (χ1) is 9.01. The number of carboxylic acids is 1. The van der Waals surface area contributed by atoms with Gasteiger partial charge in [0.15, 0.2) is 0 Å². The predicted octanol–water partition coefficient (Wildman–Crippen LogP) is 2.40. The number of hydrogen-bond acceptors (Lipinski definition) is 2. The molecule has 0 aliphatic carbocycles. The number of rotatable bonds is 6. The summed E-state index contributed by atoms with van der Waals surface area (Å²) in [5.41, 5.74) is 1.32. The zero-order valence-electron chi connectivity index (χ0n) is 10.8. The van der Waals surface area contributed by atoms with Crippen LogP contribution in [0.5, 0.6) is 0 Å². The van der Waals surface area contributed by atoms with Crippen LogP contribution >= 0.6 is 0 Å². The van der Waals surface area contributed by atoms with E-state index < -0.39 is 5.97 Å². The molecule has 1 rings (SSSR count). The highest BCUT2D eigenvalue weighted by molar-refractivity contribution is 5.89. The Morgan fingerprint density at radius 2 is 2.00 bits per heavy atom. The third kappa shape index (κ3) is 5.72. The van der Waals surface area contributed by atoms with Crippen LogP contribution in [0.15, 0.2) is 36.9 Å². The van der Waals surface area contributed by atoms with Gasteiger partial charge in [0.2, 0.25) is 0 Å². The van der Waals surface area contributed by atoms with Gasteiger partial charge in [-0.15, -0.1) is 6.58 Å². The van der Waals surface area contributed by atoms with E-state index in [9.17, 15) is 9.59 Å². The van der Waals surface area contributed by atoms with Gasteiger partial charge in [-0.3, -0.25) is 4.79 Å². The molecule has 0 spiro atoms. The van der Waals surface area contributed by atoms with Crippen molar-refractivity contribution >= 4 is 17.7 Å². The van der Waals surface area contributed by atoms with E-state index >= 15 is 0 Å². The van der Waals surface area contributed by atoms with Crippen LogP contribution in [-0.2, 0) is 11.2 Å². The molecule has 1 aromatic rings. The molecular formula is C14H18N2O3. The van der Waals surface area contributed by atoms with Crippen molar-refractivity contribution in [3.63, 3.8) is 0 Å². The number of amides is 2. The van der Waals surface area contributed by atoms with Crippen molar-refractivity contribution in [3.8, 4) is 0 Å². The van der Waals surface area contributed by atoms with Crippen molar-refractivity contribution in [3.05, 3.63) is 42.5 Å². The first kappa shape index (κ1) is 14.8. The lowest BCUT2D eigenvalue weighted by atomic mass is 10.1. The number of nitrogens with one attached hydrogen (secondary N) is 2. The van der Waals surface area contributed by atoms with E-state index in [0.717, 1.165) is 0 Å². The van der Waals surface area contributed by atoms with Gasteiger partial charge in [-0.2, -0.15) is 0 Å². The van der Waals surface area contributed by atoms with Crippen LogP contribution < -0.4 is 10.6 Å². The number of aliphatic carboxylic acids is 1. The number of benzene rings is 1. The number of carbonyl (C=O) groups is 2. The van der Waals surface area contributed by atoms with Crippen LogP contribution in [-0.4, -0.2) is 23.1 Å². The summed E-state index contributed by atoms with van der Waals surface area (Å²) in [7, 11) is 0. The Morgan fingerprint density at radius 1 is 1.37 bits per heavy atom. The van der Waals surface area contributed by atoms with E-state index in [-0.39, 0.29) is 18.5 Å². The lowest BCUT2D eigenvalue weighted by Gasteiger charge is -2.12. The summed E-state index contributed by atoms with van der Waals surface area (Å²) < 4.78 is 0. The first-order valence-corrected chi connectivity index (χ1v) is 6.00. The topological polar surface area (TPSA) is 78.4 Å². The van der Waals surface area contributed by atoms with Gasteiger partial charge in [-0.05, 0) is 31.0 Å². The molecule has 0 saturated carbocycles. The second-order valence-corrected chi connectivity index (χ2v) is 4.29. The summed E-state index contributed by atoms with van der Waals surface area (Å²) in [5, 5.41) is 14.1. The van der Waals surface area contributed by atoms with E-state index in [2.05, 4.69) is 17.2 Å². The summed E-state index contributed by atoms with van der Waals surface area (Å²) in [6, 6.07) is 6.43. The Labute approximate surface area is 112 Å². The maximum Gasteiger partial charge on any atom is 0.319 e. The lowest BCUT2D eigenvalue weighted by Crippen LogP contribution is -2.35. The highest BCUT2D eigenvalue weighted by Gasteiger charge is 2.06. The van der Waals surface area contributed by atoms with Crippen molar-refractivity contribution in [1.29, 1.82) is 0 Å². The van der Waals surface area contributed by atoms with Crippen LogP contribution in [0.25, 0.3) is 0 Å². The van der Waals surface area contributed by atoms with Gasteiger partial charge in [0.25, 0.3) is 0 Å². The van der Waals surface area contributed by atoms with Gasteiger partial charge in [0.1, 0.15) is 0 Å². The number of carboxylic acid groups (broad SMARTS) is 1. The number of carbonyl (C=O) groups excluding carboxylic acids is 1. The van der Waals surface area contributed by atoms with E-state index in [1.165, 1.54) is 0 Å². The highest BCUT2D eigenvalue weighted by Crippen LogP contribution is 2.10. The second kappa shape index (κ2) is 7.20. The number of urea groups is 1. The molecule has 19 heavy (non-hydrogen) atoms. The molecule has 0 bridgehead atoms. The van der Waals surface area contributed by atoms with Crippen molar-refractivity contribution in [2.75, 3.05) is 5.32 Å². The molecular weight excluding hydrogens is 244 g/mol. The lowest BCUT2D eigenvalue weighted by molar-refractivity contribution is -0.136. The Morgan fingerprint density at radius 3 is 2.53 bits per heavy atom. The van der Waals surface area contributed by atoms with Crippen molar-refractivity contribution in [2.45, 2.75) is 25.8 Å². The molecule has 0 aliphatic heterocycles. The molecule has 0 heterocycles. The number of hydrogen-bond donors (Lipinski definition) is 3. The summed E-state index contributed by atoms with van der Waals surface area (Å²) >= 11 is 0. The van der Waals surface area contributed by atoms with E-state index in [1.54, 1.807) is 30.3 Å². The molecule has 0 fully saturated rings. The molecule has 0 aromatic heterocycles. The van der Waals surface area contributed by atoms with E-state index in [4.69, 9.17) is 5.11 Å². The summed E-state index contributed by atoms with van der Waals surface area (Å²) in [6.45, 7) is 5.49. The quantitative estimate of drug-likeness (QED) is 0.689. The monoisotopic (exact) mass is 262 g/mol.